The fourth-order valence-electron chi connectivity index (χ4n) is 2.43. The maximum Gasteiger partial charge on any atom is 0.335 e. The van der Waals surface area contributed by atoms with Gasteiger partial charge in [-0.15, -0.1) is 0 Å². The monoisotopic (exact) mass is 338 g/mol. The van der Waals surface area contributed by atoms with E-state index < -0.39 is 5.97 Å². The van der Waals surface area contributed by atoms with Gasteiger partial charge in [0.2, 0.25) is 0 Å². The number of hydrogen-bond donors (Lipinski definition) is 1. The van der Waals surface area contributed by atoms with Gasteiger partial charge in [-0.1, -0.05) is 24.3 Å². The SMILES string of the molecule is COCCOc1ccc(-c2coc(-c3cccc(C(=O)O)c3)c2)cc1. The Kier molecular flexibility index (Phi) is 5.16. The molecule has 1 aromatic heterocycles. The lowest BCUT2D eigenvalue weighted by Crippen LogP contribution is -2.03. The fraction of sp³-hybridized carbons (Fsp3) is 0.150. The van der Waals surface area contributed by atoms with Crippen LogP contribution in [0.4, 0.5) is 0 Å². The summed E-state index contributed by atoms with van der Waals surface area (Å²) < 4.78 is 16.1. The summed E-state index contributed by atoms with van der Waals surface area (Å²) in [5.41, 5.74) is 2.86. The molecule has 1 heterocycles. The van der Waals surface area contributed by atoms with Gasteiger partial charge in [0, 0.05) is 18.2 Å². The van der Waals surface area contributed by atoms with Crippen molar-refractivity contribution in [3.05, 3.63) is 66.4 Å². The van der Waals surface area contributed by atoms with E-state index in [0.29, 0.717) is 19.0 Å². The van der Waals surface area contributed by atoms with Crippen LogP contribution >= 0.6 is 0 Å². The first-order chi connectivity index (χ1) is 12.2. The summed E-state index contributed by atoms with van der Waals surface area (Å²) in [5, 5.41) is 9.09. The molecule has 0 bridgehead atoms. The van der Waals surface area contributed by atoms with Crippen LogP contribution in [-0.2, 0) is 4.74 Å². The third-order valence-electron chi connectivity index (χ3n) is 3.74. The van der Waals surface area contributed by atoms with Crippen molar-refractivity contribution in [1.82, 2.24) is 0 Å². The first-order valence-corrected chi connectivity index (χ1v) is 7.82. The van der Waals surface area contributed by atoms with E-state index in [1.165, 1.54) is 0 Å². The van der Waals surface area contributed by atoms with Gasteiger partial charge in [0.1, 0.15) is 18.1 Å². The van der Waals surface area contributed by atoms with E-state index >= 15 is 0 Å². The van der Waals surface area contributed by atoms with Crippen molar-refractivity contribution in [2.45, 2.75) is 0 Å². The molecular weight excluding hydrogens is 320 g/mol. The average molecular weight is 338 g/mol. The molecule has 0 fully saturated rings. The standard InChI is InChI=1S/C20H18O5/c1-23-9-10-24-18-7-5-14(6-8-18)17-12-19(25-13-17)15-3-2-4-16(11-15)20(21)22/h2-8,11-13H,9-10H2,1H3,(H,21,22). The van der Waals surface area contributed by atoms with Crippen molar-refractivity contribution in [2.24, 2.45) is 0 Å². The zero-order valence-corrected chi connectivity index (χ0v) is 13.8. The average Bonchev–Trinajstić information content (AvgIpc) is 3.13. The first-order valence-electron chi connectivity index (χ1n) is 7.82. The zero-order valence-electron chi connectivity index (χ0n) is 13.8. The van der Waals surface area contributed by atoms with Crippen LogP contribution in [0.1, 0.15) is 10.4 Å². The zero-order chi connectivity index (χ0) is 17.6. The molecule has 0 spiro atoms. The van der Waals surface area contributed by atoms with Crippen molar-refractivity contribution in [3.63, 3.8) is 0 Å². The van der Waals surface area contributed by atoms with Gasteiger partial charge >= 0.3 is 5.97 Å². The Labute approximate surface area is 145 Å². The summed E-state index contributed by atoms with van der Waals surface area (Å²) >= 11 is 0. The lowest BCUT2D eigenvalue weighted by molar-refractivity contribution is 0.0697. The van der Waals surface area contributed by atoms with Crippen molar-refractivity contribution in [1.29, 1.82) is 0 Å². The van der Waals surface area contributed by atoms with E-state index in [1.807, 2.05) is 36.4 Å². The Morgan fingerprint density at radius 3 is 2.52 bits per heavy atom. The summed E-state index contributed by atoms with van der Waals surface area (Å²) in [6, 6.07) is 16.2. The van der Waals surface area contributed by atoms with Gasteiger partial charge in [0.15, 0.2) is 0 Å². The lowest BCUT2D eigenvalue weighted by Gasteiger charge is -2.05. The minimum atomic E-state index is -0.960. The molecule has 1 N–H and O–H groups in total. The predicted octanol–water partition coefficient (Wildman–Crippen LogP) is 4.34. The molecule has 3 rings (SSSR count). The molecule has 0 aliphatic rings. The van der Waals surface area contributed by atoms with Crippen LogP contribution in [0.5, 0.6) is 5.75 Å². The number of methoxy groups -OCH3 is 1. The van der Waals surface area contributed by atoms with E-state index in [1.54, 1.807) is 31.6 Å². The molecule has 0 aliphatic heterocycles. The van der Waals surface area contributed by atoms with Crippen LogP contribution < -0.4 is 4.74 Å². The number of ether oxygens (including phenoxy) is 2. The van der Waals surface area contributed by atoms with Crippen LogP contribution in [0.2, 0.25) is 0 Å². The van der Waals surface area contributed by atoms with Crippen molar-refractivity contribution in [2.75, 3.05) is 20.3 Å². The highest BCUT2D eigenvalue weighted by Crippen LogP contribution is 2.30. The molecule has 2 aromatic carbocycles. The summed E-state index contributed by atoms with van der Waals surface area (Å²) in [7, 11) is 1.63. The Morgan fingerprint density at radius 2 is 1.80 bits per heavy atom. The Morgan fingerprint density at radius 1 is 1.00 bits per heavy atom. The second-order valence-corrected chi connectivity index (χ2v) is 5.45. The Bertz CT molecular complexity index is 849. The molecule has 0 saturated heterocycles. The molecular formula is C20H18O5. The highest BCUT2D eigenvalue weighted by molar-refractivity contribution is 5.89. The third kappa shape index (κ3) is 4.08. The number of benzene rings is 2. The number of aromatic carboxylic acids is 1. The smallest absolute Gasteiger partial charge is 0.335 e. The normalized spacial score (nSPS) is 10.6. The van der Waals surface area contributed by atoms with Gasteiger partial charge in [0.25, 0.3) is 0 Å². The molecule has 0 atom stereocenters. The highest BCUT2D eigenvalue weighted by Gasteiger charge is 2.09. The summed E-state index contributed by atoms with van der Waals surface area (Å²) in [6.07, 6.45) is 1.66. The van der Waals surface area contributed by atoms with Crippen LogP contribution in [0, 0.1) is 0 Å². The second kappa shape index (κ2) is 7.68. The fourth-order valence-corrected chi connectivity index (χ4v) is 2.43. The maximum atomic E-state index is 11.1. The Hall–Kier alpha value is -3.05. The molecule has 0 radical (unpaired) electrons. The molecule has 0 aliphatic carbocycles. The molecule has 5 nitrogen and oxygen atoms in total. The summed E-state index contributed by atoms with van der Waals surface area (Å²) in [4.78, 5) is 11.1. The second-order valence-electron chi connectivity index (χ2n) is 5.45. The number of carbonyl (C=O) groups is 1. The van der Waals surface area contributed by atoms with Gasteiger partial charge in [-0.25, -0.2) is 4.79 Å². The largest absolute Gasteiger partial charge is 0.491 e. The molecule has 5 heteroatoms. The Balaban J connectivity index is 1.77. The van der Waals surface area contributed by atoms with Gasteiger partial charge in [-0.05, 0) is 35.9 Å². The predicted molar refractivity (Wildman–Crippen MR) is 93.9 cm³/mol. The number of furan rings is 1. The van der Waals surface area contributed by atoms with Gasteiger partial charge in [-0.3, -0.25) is 0 Å². The number of carboxylic acids is 1. The van der Waals surface area contributed by atoms with Crippen LogP contribution in [0.3, 0.4) is 0 Å². The van der Waals surface area contributed by atoms with Gasteiger partial charge < -0.3 is 19.0 Å². The number of rotatable bonds is 7. The van der Waals surface area contributed by atoms with E-state index in [-0.39, 0.29) is 5.56 Å². The maximum absolute atomic E-state index is 11.1. The van der Waals surface area contributed by atoms with E-state index in [0.717, 1.165) is 22.4 Å². The van der Waals surface area contributed by atoms with Crippen molar-refractivity contribution >= 4 is 5.97 Å². The number of carboxylic acid groups (broad SMARTS) is 1. The quantitative estimate of drug-likeness (QED) is 0.649. The van der Waals surface area contributed by atoms with Crippen LogP contribution in [0.25, 0.3) is 22.5 Å². The van der Waals surface area contributed by atoms with E-state index in [9.17, 15) is 4.79 Å². The molecule has 128 valence electrons. The van der Waals surface area contributed by atoms with Gasteiger partial charge in [-0.2, -0.15) is 0 Å². The van der Waals surface area contributed by atoms with Crippen LogP contribution in [0.15, 0.2) is 65.3 Å². The molecule has 0 amide bonds. The summed E-state index contributed by atoms with van der Waals surface area (Å²) in [5.74, 6) is 0.440. The summed E-state index contributed by atoms with van der Waals surface area (Å²) in [6.45, 7) is 1.05. The molecule has 3 aromatic rings. The van der Waals surface area contributed by atoms with Crippen molar-refractivity contribution < 1.29 is 23.8 Å². The molecule has 0 saturated carbocycles. The minimum absolute atomic E-state index is 0.230. The minimum Gasteiger partial charge on any atom is -0.491 e. The van der Waals surface area contributed by atoms with Crippen LogP contribution in [-0.4, -0.2) is 31.4 Å². The van der Waals surface area contributed by atoms with Gasteiger partial charge in [0.05, 0.1) is 18.4 Å². The molecule has 0 unspecified atom stereocenters. The van der Waals surface area contributed by atoms with E-state index in [2.05, 4.69) is 0 Å². The lowest BCUT2D eigenvalue weighted by atomic mass is 10.1. The third-order valence-corrected chi connectivity index (χ3v) is 3.74. The van der Waals surface area contributed by atoms with Crippen molar-refractivity contribution in [3.8, 4) is 28.2 Å². The first kappa shape index (κ1) is 16.8. The number of hydrogen-bond acceptors (Lipinski definition) is 4. The topological polar surface area (TPSA) is 68.9 Å². The molecule has 25 heavy (non-hydrogen) atoms. The van der Waals surface area contributed by atoms with E-state index in [4.69, 9.17) is 19.0 Å². The highest BCUT2D eigenvalue weighted by atomic mass is 16.5.